The number of aliphatic hydroxyl groups excluding tert-OH is 1. The first kappa shape index (κ1) is 23.6. The van der Waals surface area contributed by atoms with E-state index in [4.69, 9.17) is 16.3 Å². The molecule has 1 amide bonds. The number of Topliss-reactive ketones (excluding diaryl/α,β-unsaturated/α-hetero) is 1. The van der Waals surface area contributed by atoms with E-state index in [1.54, 1.807) is 61.1 Å². The van der Waals surface area contributed by atoms with E-state index in [0.29, 0.717) is 41.4 Å². The topological polar surface area (TPSA) is 84.7 Å². The van der Waals surface area contributed by atoms with Gasteiger partial charge in [0.05, 0.1) is 24.0 Å². The monoisotopic (exact) mass is 479 g/mol. The van der Waals surface area contributed by atoms with Gasteiger partial charge in [-0.1, -0.05) is 23.7 Å². The first-order valence-electron chi connectivity index (χ1n) is 11.1. The van der Waals surface area contributed by atoms with E-state index in [0.717, 1.165) is 0 Å². The molecule has 1 unspecified atom stereocenters. The Balaban J connectivity index is 1.70. The molecule has 1 saturated heterocycles. The summed E-state index contributed by atoms with van der Waals surface area (Å²) in [5.74, 6) is -0.932. The van der Waals surface area contributed by atoms with Crippen LogP contribution in [0.25, 0.3) is 5.76 Å². The van der Waals surface area contributed by atoms with Crippen LogP contribution in [-0.2, 0) is 16.1 Å². The smallest absolute Gasteiger partial charge is 0.295 e. The Labute approximate surface area is 203 Å². The van der Waals surface area contributed by atoms with Crippen LogP contribution >= 0.6 is 11.6 Å². The molecule has 2 heterocycles. The third-order valence-corrected chi connectivity index (χ3v) is 5.81. The van der Waals surface area contributed by atoms with Gasteiger partial charge in [0.1, 0.15) is 11.5 Å². The van der Waals surface area contributed by atoms with Crippen LogP contribution in [-0.4, -0.2) is 43.9 Å². The summed E-state index contributed by atoms with van der Waals surface area (Å²) in [6, 6.07) is 13.1. The highest BCUT2D eigenvalue weighted by Crippen LogP contribution is 2.40. The summed E-state index contributed by atoms with van der Waals surface area (Å²) in [7, 11) is 0. The third-order valence-electron chi connectivity index (χ3n) is 5.58. The van der Waals surface area contributed by atoms with Crippen LogP contribution in [0, 0.1) is 0 Å². The number of likely N-dealkylation sites (tertiary alicyclic amines) is 1. The average molecular weight is 480 g/mol. The van der Waals surface area contributed by atoms with Crippen LogP contribution in [0.4, 0.5) is 0 Å². The lowest BCUT2D eigenvalue weighted by Gasteiger charge is -2.25. The SMILES string of the molecule is CC(C)Oc1ccc(/C(O)=C2/C(=O)C(=O)N(CCCn3ccnc3)C2c2cccc(Cl)c2)cc1. The molecule has 1 atom stereocenters. The Hall–Kier alpha value is -3.58. The van der Waals surface area contributed by atoms with Gasteiger partial charge in [-0.15, -0.1) is 0 Å². The maximum Gasteiger partial charge on any atom is 0.295 e. The number of amides is 1. The summed E-state index contributed by atoms with van der Waals surface area (Å²) < 4.78 is 7.57. The van der Waals surface area contributed by atoms with Crippen LogP contribution in [0.1, 0.15) is 37.4 Å². The van der Waals surface area contributed by atoms with E-state index in [9.17, 15) is 14.7 Å². The molecule has 1 fully saturated rings. The van der Waals surface area contributed by atoms with Crippen molar-refractivity contribution >= 4 is 29.1 Å². The predicted octanol–water partition coefficient (Wildman–Crippen LogP) is 4.84. The van der Waals surface area contributed by atoms with Crippen molar-refractivity contribution in [2.24, 2.45) is 0 Å². The van der Waals surface area contributed by atoms with E-state index >= 15 is 0 Å². The Morgan fingerprint density at radius 2 is 1.91 bits per heavy atom. The molecule has 0 aliphatic carbocycles. The molecular weight excluding hydrogens is 454 g/mol. The van der Waals surface area contributed by atoms with Crippen molar-refractivity contribution in [3.8, 4) is 5.75 Å². The van der Waals surface area contributed by atoms with Gasteiger partial charge in [0.15, 0.2) is 0 Å². The molecule has 4 rings (SSSR count). The van der Waals surface area contributed by atoms with Gasteiger partial charge in [0.2, 0.25) is 0 Å². The normalized spacial score (nSPS) is 17.5. The van der Waals surface area contributed by atoms with Gasteiger partial charge in [-0.05, 0) is 62.2 Å². The zero-order valence-electron chi connectivity index (χ0n) is 19.0. The van der Waals surface area contributed by atoms with Crippen LogP contribution in [0.3, 0.4) is 0 Å². The number of benzene rings is 2. The summed E-state index contributed by atoms with van der Waals surface area (Å²) >= 11 is 6.23. The summed E-state index contributed by atoms with van der Waals surface area (Å²) in [5.41, 5.74) is 1.14. The van der Waals surface area contributed by atoms with E-state index in [1.807, 2.05) is 24.6 Å². The number of imidazole rings is 1. The number of aliphatic hydroxyl groups is 1. The van der Waals surface area contributed by atoms with Gasteiger partial charge < -0.3 is 19.3 Å². The fourth-order valence-electron chi connectivity index (χ4n) is 4.10. The lowest BCUT2D eigenvalue weighted by atomic mass is 9.95. The zero-order chi connectivity index (χ0) is 24.2. The van der Waals surface area contributed by atoms with Crippen LogP contribution in [0.2, 0.25) is 5.02 Å². The molecule has 3 aromatic rings. The van der Waals surface area contributed by atoms with Crippen molar-refractivity contribution in [2.45, 2.75) is 39.0 Å². The van der Waals surface area contributed by atoms with Gasteiger partial charge >= 0.3 is 0 Å². The summed E-state index contributed by atoms with van der Waals surface area (Å²) in [6.45, 7) is 4.82. The number of nitrogens with zero attached hydrogens (tertiary/aromatic N) is 3. The minimum absolute atomic E-state index is 0.00919. The molecular formula is C26H26ClN3O4. The predicted molar refractivity (Wildman–Crippen MR) is 130 cm³/mol. The Morgan fingerprint density at radius 1 is 1.15 bits per heavy atom. The van der Waals surface area contributed by atoms with Gasteiger partial charge in [-0.25, -0.2) is 4.98 Å². The van der Waals surface area contributed by atoms with E-state index in [1.165, 1.54) is 4.90 Å². The quantitative estimate of drug-likeness (QED) is 0.284. The maximum absolute atomic E-state index is 13.1. The number of aromatic nitrogens is 2. The van der Waals surface area contributed by atoms with Crippen LogP contribution in [0.5, 0.6) is 5.75 Å². The summed E-state index contributed by atoms with van der Waals surface area (Å²) in [5, 5.41) is 11.7. The second-order valence-corrected chi connectivity index (χ2v) is 8.83. The molecule has 8 heteroatoms. The van der Waals surface area contributed by atoms with E-state index in [2.05, 4.69) is 4.98 Å². The number of ketones is 1. The minimum atomic E-state index is -0.743. The zero-order valence-corrected chi connectivity index (χ0v) is 19.8. The second-order valence-electron chi connectivity index (χ2n) is 8.39. The highest BCUT2D eigenvalue weighted by atomic mass is 35.5. The molecule has 34 heavy (non-hydrogen) atoms. The van der Waals surface area contributed by atoms with Crippen molar-refractivity contribution in [3.05, 3.63) is 89.0 Å². The maximum atomic E-state index is 13.1. The van der Waals surface area contributed by atoms with Gasteiger partial charge in [0, 0.05) is 36.1 Å². The second kappa shape index (κ2) is 10.1. The van der Waals surface area contributed by atoms with Crippen LogP contribution < -0.4 is 4.74 Å². The first-order valence-corrected chi connectivity index (χ1v) is 11.5. The molecule has 1 aliphatic rings. The van der Waals surface area contributed by atoms with E-state index in [-0.39, 0.29) is 17.4 Å². The average Bonchev–Trinajstić information content (AvgIpc) is 3.41. The molecule has 2 aromatic carbocycles. The molecule has 0 bridgehead atoms. The fraction of sp³-hybridized carbons (Fsp3) is 0.269. The Bertz CT molecular complexity index is 1200. The molecule has 1 aromatic heterocycles. The molecule has 176 valence electrons. The largest absolute Gasteiger partial charge is 0.507 e. The number of carbonyl (C=O) groups excluding carboxylic acids is 2. The highest BCUT2D eigenvalue weighted by molar-refractivity contribution is 6.46. The molecule has 1 N–H and O–H groups in total. The highest BCUT2D eigenvalue weighted by Gasteiger charge is 2.45. The number of hydrogen-bond acceptors (Lipinski definition) is 5. The molecule has 0 saturated carbocycles. The molecule has 0 spiro atoms. The fourth-order valence-corrected chi connectivity index (χ4v) is 4.29. The summed E-state index contributed by atoms with van der Waals surface area (Å²) in [6.07, 6.45) is 5.86. The lowest BCUT2D eigenvalue weighted by molar-refractivity contribution is -0.139. The van der Waals surface area contributed by atoms with Gasteiger partial charge in [-0.2, -0.15) is 0 Å². The number of hydrogen-bond donors (Lipinski definition) is 1. The minimum Gasteiger partial charge on any atom is -0.507 e. The van der Waals surface area contributed by atoms with Crippen molar-refractivity contribution in [2.75, 3.05) is 6.54 Å². The van der Waals surface area contributed by atoms with Crippen molar-refractivity contribution in [3.63, 3.8) is 0 Å². The van der Waals surface area contributed by atoms with Crippen molar-refractivity contribution in [1.82, 2.24) is 14.5 Å². The number of rotatable bonds is 8. The molecule has 0 radical (unpaired) electrons. The van der Waals surface area contributed by atoms with Gasteiger partial charge in [-0.3, -0.25) is 9.59 Å². The number of carbonyl (C=O) groups is 2. The molecule has 1 aliphatic heterocycles. The van der Waals surface area contributed by atoms with Crippen LogP contribution in [0.15, 0.2) is 72.8 Å². The standard InChI is InChI=1S/C26H26ClN3O4/c1-17(2)34-21-9-7-18(8-10-21)24(31)22-23(19-5-3-6-20(27)15-19)30(26(33)25(22)32)13-4-12-29-14-11-28-16-29/h3,5-11,14-17,23,31H,4,12-13H2,1-2H3/b24-22-. The third kappa shape index (κ3) is 4.99. The Kier molecular flexibility index (Phi) is 7.03. The Morgan fingerprint density at radius 3 is 2.56 bits per heavy atom. The van der Waals surface area contributed by atoms with E-state index < -0.39 is 17.7 Å². The van der Waals surface area contributed by atoms with Crippen molar-refractivity contribution in [1.29, 1.82) is 0 Å². The van der Waals surface area contributed by atoms with Crippen molar-refractivity contribution < 1.29 is 19.4 Å². The lowest BCUT2D eigenvalue weighted by Crippen LogP contribution is -2.31. The molecule has 7 nitrogen and oxygen atoms in total. The first-order chi connectivity index (χ1) is 16.3. The number of ether oxygens (including phenoxy) is 1. The van der Waals surface area contributed by atoms with Gasteiger partial charge in [0.25, 0.3) is 11.7 Å². The number of aryl methyl sites for hydroxylation is 1. The summed E-state index contributed by atoms with van der Waals surface area (Å²) in [4.78, 5) is 31.7. The number of halogens is 1.